The molecule has 0 saturated carbocycles. The number of likely N-dealkylation sites (N-methyl/N-ethyl adjacent to an activating group) is 1. The summed E-state index contributed by atoms with van der Waals surface area (Å²) in [6.45, 7) is 4.57. The van der Waals surface area contributed by atoms with Crippen LogP contribution in [0.25, 0.3) is 0 Å². The minimum absolute atomic E-state index is 0.279. The van der Waals surface area contributed by atoms with E-state index < -0.39 is 7.81 Å². The predicted molar refractivity (Wildman–Crippen MR) is 57.3 cm³/mol. The second kappa shape index (κ2) is 4.55. The van der Waals surface area contributed by atoms with Crippen molar-refractivity contribution in [2.75, 3.05) is 27.7 Å². The number of halogens is 6. The second-order valence-corrected chi connectivity index (χ2v) is 6.99. The Kier molecular flexibility index (Phi) is 5.16. The van der Waals surface area contributed by atoms with Crippen LogP contribution in [0.15, 0.2) is 0 Å². The van der Waals surface area contributed by atoms with Gasteiger partial charge in [0.05, 0.1) is 27.7 Å². The van der Waals surface area contributed by atoms with Gasteiger partial charge < -0.3 is 9.59 Å². The Morgan fingerprint density at radius 1 is 0.941 bits per heavy atom. The Bertz CT molecular complexity index is 229. The minimum atomic E-state index is -10.7. The van der Waals surface area contributed by atoms with Crippen LogP contribution in [-0.4, -0.2) is 43.4 Å². The Morgan fingerprint density at radius 2 is 1.18 bits per heavy atom. The molecular formula is C8H20F6NOP. The average molecular weight is 291 g/mol. The molecule has 1 unspecified atom stereocenters. The molecule has 17 heavy (non-hydrogen) atoms. The predicted octanol–water partition coefficient (Wildman–Crippen LogP) is 4.09. The van der Waals surface area contributed by atoms with Gasteiger partial charge in [-0.1, -0.05) is 13.8 Å². The Balaban J connectivity index is 0. The van der Waals surface area contributed by atoms with E-state index in [1.807, 2.05) is 0 Å². The van der Waals surface area contributed by atoms with E-state index in [-0.39, 0.29) is 6.61 Å². The quantitative estimate of drug-likeness (QED) is 0.471. The fourth-order valence-electron chi connectivity index (χ4n) is 1.35. The van der Waals surface area contributed by atoms with Crippen LogP contribution in [0.4, 0.5) is 25.2 Å². The van der Waals surface area contributed by atoms with Crippen LogP contribution in [0.1, 0.15) is 13.8 Å². The third kappa shape index (κ3) is 21.7. The van der Waals surface area contributed by atoms with Crippen LogP contribution in [0, 0.1) is 5.92 Å². The zero-order valence-electron chi connectivity index (χ0n) is 10.5. The summed E-state index contributed by atoms with van der Waals surface area (Å²) in [4.78, 5) is 0. The maximum absolute atomic E-state index is 10.7. The zero-order chi connectivity index (χ0) is 14.8. The summed E-state index contributed by atoms with van der Waals surface area (Å²) in [5.41, 5.74) is 0. The van der Waals surface area contributed by atoms with Gasteiger partial charge >= 0.3 is 33.0 Å². The van der Waals surface area contributed by atoms with Crippen molar-refractivity contribution in [2.45, 2.75) is 19.9 Å². The van der Waals surface area contributed by atoms with Crippen molar-refractivity contribution in [1.29, 1.82) is 0 Å². The van der Waals surface area contributed by atoms with Crippen LogP contribution in [0.5, 0.6) is 0 Å². The number of aliphatic hydroxyl groups is 1. The fraction of sp³-hybridized carbons (Fsp3) is 1.00. The van der Waals surface area contributed by atoms with E-state index in [1.165, 1.54) is 0 Å². The van der Waals surface area contributed by atoms with Crippen LogP contribution in [0.3, 0.4) is 0 Å². The molecule has 110 valence electrons. The Labute approximate surface area is 97.0 Å². The molecule has 0 rings (SSSR count). The van der Waals surface area contributed by atoms with Crippen molar-refractivity contribution in [3.05, 3.63) is 0 Å². The molecule has 0 bridgehead atoms. The summed E-state index contributed by atoms with van der Waals surface area (Å²) in [5, 5.41) is 9.02. The Morgan fingerprint density at radius 3 is 1.18 bits per heavy atom. The van der Waals surface area contributed by atoms with Crippen molar-refractivity contribution in [1.82, 2.24) is 0 Å². The molecule has 0 saturated heterocycles. The van der Waals surface area contributed by atoms with Gasteiger partial charge in [-0.25, -0.2) is 0 Å². The van der Waals surface area contributed by atoms with E-state index in [0.717, 1.165) is 4.48 Å². The molecule has 0 amide bonds. The molecule has 0 fully saturated rings. The monoisotopic (exact) mass is 291 g/mol. The number of hydrogen-bond donors (Lipinski definition) is 1. The first-order valence-corrected chi connectivity index (χ1v) is 6.85. The van der Waals surface area contributed by atoms with Crippen molar-refractivity contribution in [2.24, 2.45) is 5.92 Å². The van der Waals surface area contributed by atoms with E-state index in [4.69, 9.17) is 5.11 Å². The Hall–Kier alpha value is -0.0700. The van der Waals surface area contributed by atoms with Crippen molar-refractivity contribution in [3.63, 3.8) is 0 Å². The summed E-state index contributed by atoms with van der Waals surface area (Å²) in [6.07, 6.45) is 0. The summed E-state index contributed by atoms with van der Waals surface area (Å²) in [6, 6.07) is 0.361. The molecule has 0 aromatic rings. The van der Waals surface area contributed by atoms with E-state index in [1.54, 1.807) is 0 Å². The van der Waals surface area contributed by atoms with E-state index >= 15 is 0 Å². The van der Waals surface area contributed by atoms with Crippen LogP contribution < -0.4 is 0 Å². The topological polar surface area (TPSA) is 20.2 Å². The third-order valence-corrected chi connectivity index (χ3v) is 1.95. The molecule has 0 radical (unpaired) electrons. The average Bonchev–Trinajstić information content (AvgIpc) is 1.74. The van der Waals surface area contributed by atoms with Gasteiger partial charge in [0.25, 0.3) is 0 Å². The summed E-state index contributed by atoms with van der Waals surface area (Å²) in [7, 11) is -4.32. The van der Waals surface area contributed by atoms with Gasteiger partial charge in [-0.05, 0) is 0 Å². The number of aliphatic hydroxyl groups excluding tert-OH is 1. The normalized spacial score (nSPS) is 18.9. The second-order valence-electron chi connectivity index (χ2n) is 5.07. The van der Waals surface area contributed by atoms with Gasteiger partial charge in [0.2, 0.25) is 0 Å². The molecule has 0 aromatic carbocycles. The van der Waals surface area contributed by atoms with E-state index in [2.05, 4.69) is 35.0 Å². The molecule has 2 nitrogen and oxygen atoms in total. The first-order chi connectivity index (χ1) is 6.84. The van der Waals surface area contributed by atoms with Crippen molar-refractivity contribution in [3.8, 4) is 0 Å². The molecule has 9 heteroatoms. The number of hydrogen-bond acceptors (Lipinski definition) is 1. The van der Waals surface area contributed by atoms with Crippen LogP contribution in [0.2, 0.25) is 0 Å². The van der Waals surface area contributed by atoms with Crippen LogP contribution in [-0.2, 0) is 0 Å². The van der Waals surface area contributed by atoms with Crippen LogP contribution >= 0.6 is 7.81 Å². The zero-order valence-corrected chi connectivity index (χ0v) is 11.4. The van der Waals surface area contributed by atoms with Gasteiger partial charge in [-0.3, -0.25) is 0 Å². The molecule has 0 aliphatic carbocycles. The van der Waals surface area contributed by atoms with Crippen molar-refractivity contribution >= 4 is 7.81 Å². The molecule has 0 aromatic heterocycles. The maximum atomic E-state index is 9.87. The summed E-state index contributed by atoms with van der Waals surface area (Å²) in [5.74, 6) is 0.546. The molecular weight excluding hydrogens is 271 g/mol. The molecule has 0 heterocycles. The fourth-order valence-corrected chi connectivity index (χ4v) is 1.35. The van der Waals surface area contributed by atoms with E-state index in [9.17, 15) is 25.2 Å². The van der Waals surface area contributed by atoms with E-state index in [0.29, 0.717) is 12.0 Å². The van der Waals surface area contributed by atoms with Gasteiger partial charge in [0.15, 0.2) is 0 Å². The number of rotatable bonds is 3. The molecule has 0 aliphatic rings. The number of quaternary nitrogens is 1. The third-order valence-electron chi connectivity index (χ3n) is 1.95. The molecule has 1 atom stereocenters. The standard InChI is InChI=1S/C8H20NO.F6P/c1-7(2)8(6-10)9(3,4)5;1-7(2,3,4,5)6/h7-8,10H,6H2,1-5H3;/q+1;-1. The summed E-state index contributed by atoms with van der Waals surface area (Å²) >= 11 is 0. The van der Waals surface area contributed by atoms with Gasteiger partial charge in [0, 0.05) is 5.92 Å². The first kappa shape index (κ1) is 19.3. The molecule has 1 N–H and O–H groups in total. The summed E-state index contributed by atoms with van der Waals surface area (Å²) < 4.78 is 60.0. The number of nitrogens with zero attached hydrogens (tertiary/aromatic N) is 1. The SMILES string of the molecule is CC(C)C(CO)[N+](C)(C)C.F[P-](F)(F)(F)(F)F. The van der Waals surface area contributed by atoms with Gasteiger partial charge in [0.1, 0.15) is 6.04 Å². The first-order valence-electron chi connectivity index (χ1n) is 4.83. The molecule has 0 spiro atoms. The molecule has 0 aliphatic heterocycles. The van der Waals surface area contributed by atoms with Gasteiger partial charge in [-0.15, -0.1) is 0 Å². The van der Waals surface area contributed by atoms with Crippen molar-refractivity contribution < 1.29 is 34.8 Å². The van der Waals surface area contributed by atoms with Gasteiger partial charge in [-0.2, -0.15) is 0 Å².